The Bertz CT molecular complexity index is 922. The Kier molecular flexibility index (Phi) is 4.88. The van der Waals surface area contributed by atoms with Crippen LogP contribution in [-0.2, 0) is 4.74 Å². The molecule has 154 valence electrons. The third kappa shape index (κ3) is 3.75. The number of halogens is 1. The second-order valence-electron chi connectivity index (χ2n) is 8.56. The smallest absolute Gasteiger partial charge is 0.410 e. The molecule has 0 N–H and O–H groups in total. The summed E-state index contributed by atoms with van der Waals surface area (Å²) in [6, 6.07) is 8.53. The molecule has 0 saturated carbocycles. The SMILES string of the molecule is CC(C)(C)OC(=O)N1CCCC1C(=O)c1nc2n(n1)C(c1ccccc1)CC2F. The minimum Gasteiger partial charge on any atom is -0.444 e. The van der Waals surface area contributed by atoms with Gasteiger partial charge in [0.1, 0.15) is 11.6 Å². The predicted octanol–water partition coefficient (Wildman–Crippen LogP) is 3.86. The minimum absolute atomic E-state index is 0.0382. The number of fused-ring (bicyclic) bond motifs is 1. The summed E-state index contributed by atoms with van der Waals surface area (Å²) in [6.45, 7) is 5.79. The van der Waals surface area contributed by atoms with E-state index in [1.807, 2.05) is 30.3 Å². The van der Waals surface area contributed by atoms with E-state index in [9.17, 15) is 14.0 Å². The molecule has 1 saturated heterocycles. The first-order valence-electron chi connectivity index (χ1n) is 9.94. The first kappa shape index (κ1) is 19.5. The number of ether oxygens (including phenoxy) is 1. The fraction of sp³-hybridized carbons (Fsp3) is 0.524. The highest BCUT2D eigenvalue weighted by Gasteiger charge is 2.41. The number of hydrogen-bond acceptors (Lipinski definition) is 5. The van der Waals surface area contributed by atoms with Gasteiger partial charge in [-0.2, -0.15) is 0 Å². The standard InChI is InChI=1S/C21H25FN4O3/c1-21(2,3)29-20(28)25-11-7-10-15(25)17(27)18-23-19-14(22)12-16(26(19)24-18)13-8-5-4-6-9-13/h4-6,8-9,14-16H,7,10-12H2,1-3H3. The molecule has 0 spiro atoms. The van der Waals surface area contributed by atoms with Crippen LogP contribution in [0.4, 0.5) is 9.18 Å². The predicted molar refractivity (Wildman–Crippen MR) is 103 cm³/mol. The van der Waals surface area contributed by atoms with E-state index in [0.717, 1.165) is 5.56 Å². The van der Waals surface area contributed by atoms with Gasteiger partial charge in [-0.25, -0.2) is 18.9 Å². The number of rotatable bonds is 3. The zero-order valence-corrected chi connectivity index (χ0v) is 16.8. The number of likely N-dealkylation sites (tertiary alicyclic amines) is 1. The lowest BCUT2D eigenvalue weighted by atomic mass is 10.0. The Balaban J connectivity index is 1.57. The van der Waals surface area contributed by atoms with Gasteiger partial charge in [0.15, 0.2) is 12.0 Å². The number of aromatic nitrogens is 3. The van der Waals surface area contributed by atoms with Crippen molar-refractivity contribution in [3.05, 3.63) is 47.5 Å². The lowest BCUT2D eigenvalue weighted by Crippen LogP contribution is -2.43. The summed E-state index contributed by atoms with van der Waals surface area (Å²) in [5.74, 6) is -0.234. The maximum Gasteiger partial charge on any atom is 0.410 e. The van der Waals surface area contributed by atoms with Crippen molar-refractivity contribution in [2.45, 2.75) is 63.9 Å². The van der Waals surface area contributed by atoms with Crippen LogP contribution in [0.1, 0.15) is 74.3 Å². The zero-order chi connectivity index (χ0) is 20.8. The van der Waals surface area contributed by atoms with Crippen LogP contribution in [-0.4, -0.2) is 49.7 Å². The van der Waals surface area contributed by atoms with Crippen molar-refractivity contribution in [2.24, 2.45) is 0 Å². The Hall–Kier alpha value is -2.77. The third-order valence-corrected chi connectivity index (χ3v) is 5.25. The van der Waals surface area contributed by atoms with Crippen LogP contribution < -0.4 is 0 Å². The monoisotopic (exact) mass is 400 g/mol. The van der Waals surface area contributed by atoms with Gasteiger partial charge in [-0.05, 0) is 39.2 Å². The van der Waals surface area contributed by atoms with Gasteiger partial charge < -0.3 is 4.74 Å². The van der Waals surface area contributed by atoms with Crippen molar-refractivity contribution in [3.8, 4) is 0 Å². The number of hydrogen-bond donors (Lipinski definition) is 0. The van der Waals surface area contributed by atoms with Gasteiger partial charge >= 0.3 is 6.09 Å². The minimum atomic E-state index is -1.28. The summed E-state index contributed by atoms with van der Waals surface area (Å²) in [6.07, 6.45) is -0.336. The fourth-order valence-electron chi connectivity index (χ4n) is 3.96. The van der Waals surface area contributed by atoms with Crippen molar-refractivity contribution in [3.63, 3.8) is 0 Å². The van der Waals surface area contributed by atoms with Crippen LogP contribution in [0.25, 0.3) is 0 Å². The van der Waals surface area contributed by atoms with Crippen molar-refractivity contribution in [1.29, 1.82) is 0 Å². The molecule has 2 aliphatic rings. The van der Waals surface area contributed by atoms with Gasteiger partial charge in [0.2, 0.25) is 11.6 Å². The van der Waals surface area contributed by atoms with Crippen molar-refractivity contribution < 1.29 is 18.7 Å². The molecule has 29 heavy (non-hydrogen) atoms. The summed E-state index contributed by atoms with van der Waals surface area (Å²) in [4.78, 5) is 31.2. The summed E-state index contributed by atoms with van der Waals surface area (Å²) in [5, 5.41) is 4.35. The van der Waals surface area contributed by atoms with E-state index in [4.69, 9.17) is 4.74 Å². The summed E-state index contributed by atoms with van der Waals surface area (Å²) >= 11 is 0. The van der Waals surface area contributed by atoms with Gasteiger partial charge in [0.05, 0.1) is 6.04 Å². The molecule has 3 unspecified atom stereocenters. The highest BCUT2D eigenvalue weighted by molar-refractivity contribution is 5.98. The molecule has 1 aromatic carbocycles. The Morgan fingerprint density at radius 1 is 1.21 bits per heavy atom. The Morgan fingerprint density at radius 2 is 1.93 bits per heavy atom. The number of carbonyl (C=O) groups is 2. The molecule has 1 aromatic heterocycles. The van der Waals surface area contributed by atoms with E-state index in [2.05, 4.69) is 10.1 Å². The second kappa shape index (κ2) is 7.24. The van der Waals surface area contributed by atoms with Crippen LogP contribution >= 0.6 is 0 Å². The first-order chi connectivity index (χ1) is 13.7. The molecule has 4 rings (SSSR count). The van der Waals surface area contributed by atoms with Crippen LogP contribution in [0.5, 0.6) is 0 Å². The highest BCUT2D eigenvalue weighted by atomic mass is 19.1. The van der Waals surface area contributed by atoms with E-state index >= 15 is 0 Å². The van der Waals surface area contributed by atoms with Gasteiger partial charge in [0, 0.05) is 13.0 Å². The van der Waals surface area contributed by atoms with Crippen LogP contribution in [0.2, 0.25) is 0 Å². The summed E-state index contributed by atoms with van der Waals surface area (Å²) in [5.41, 5.74) is 0.278. The third-order valence-electron chi connectivity index (χ3n) is 5.25. The molecule has 3 heterocycles. The molecule has 7 nitrogen and oxygen atoms in total. The first-order valence-corrected chi connectivity index (χ1v) is 9.94. The fourth-order valence-corrected chi connectivity index (χ4v) is 3.96. The van der Waals surface area contributed by atoms with Crippen LogP contribution in [0, 0.1) is 0 Å². The number of carbonyl (C=O) groups excluding carboxylic acids is 2. The lowest BCUT2D eigenvalue weighted by molar-refractivity contribution is 0.0221. The average molecular weight is 400 g/mol. The van der Waals surface area contributed by atoms with Crippen LogP contribution in [0.15, 0.2) is 30.3 Å². The largest absolute Gasteiger partial charge is 0.444 e. The molecule has 8 heteroatoms. The van der Waals surface area contributed by atoms with Crippen molar-refractivity contribution >= 4 is 11.9 Å². The Morgan fingerprint density at radius 3 is 2.62 bits per heavy atom. The second-order valence-corrected chi connectivity index (χ2v) is 8.56. The number of nitrogens with zero attached hydrogens (tertiary/aromatic N) is 4. The topological polar surface area (TPSA) is 77.3 Å². The molecule has 0 aliphatic carbocycles. The van der Waals surface area contributed by atoms with Gasteiger partial charge in [-0.3, -0.25) is 9.69 Å². The van der Waals surface area contributed by atoms with Crippen molar-refractivity contribution in [2.75, 3.05) is 6.54 Å². The summed E-state index contributed by atoms with van der Waals surface area (Å²) in [7, 11) is 0. The summed E-state index contributed by atoms with van der Waals surface area (Å²) < 4.78 is 21.5. The van der Waals surface area contributed by atoms with E-state index in [-0.39, 0.29) is 29.9 Å². The highest BCUT2D eigenvalue weighted by Crippen LogP contribution is 2.39. The average Bonchev–Trinajstić information content (AvgIpc) is 3.37. The van der Waals surface area contributed by atoms with Gasteiger partial charge in [-0.15, -0.1) is 5.10 Å². The molecule has 1 amide bonds. The maximum atomic E-state index is 14.6. The van der Waals surface area contributed by atoms with E-state index in [1.165, 1.54) is 9.58 Å². The number of Topliss-reactive ketones (excluding diaryl/α,β-unsaturated/α-hetero) is 1. The van der Waals surface area contributed by atoms with E-state index in [1.54, 1.807) is 20.8 Å². The number of amides is 1. The number of ketones is 1. The normalized spacial score (nSPS) is 23.9. The molecule has 0 radical (unpaired) electrons. The molecule has 2 aliphatic heterocycles. The zero-order valence-electron chi connectivity index (χ0n) is 16.8. The molecule has 2 aromatic rings. The molecular weight excluding hydrogens is 375 g/mol. The molecule has 3 atom stereocenters. The van der Waals surface area contributed by atoms with E-state index < -0.39 is 23.9 Å². The van der Waals surface area contributed by atoms with Crippen molar-refractivity contribution in [1.82, 2.24) is 19.7 Å². The maximum absolute atomic E-state index is 14.6. The molecular formula is C21H25FN4O3. The lowest BCUT2D eigenvalue weighted by Gasteiger charge is -2.27. The number of benzene rings is 1. The molecule has 0 bridgehead atoms. The van der Waals surface area contributed by atoms with Gasteiger partial charge in [0.25, 0.3) is 0 Å². The van der Waals surface area contributed by atoms with Crippen LogP contribution in [0.3, 0.4) is 0 Å². The molecule has 1 fully saturated rings. The Labute approximate surface area is 168 Å². The number of alkyl halides is 1. The quantitative estimate of drug-likeness (QED) is 0.731. The van der Waals surface area contributed by atoms with E-state index in [0.29, 0.717) is 19.4 Å². The van der Waals surface area contributed by atoms with Gasteiger partial charge in [-0.1, -0.05) is 30.3 Å².